The van der Waals surface area contributed by atoms with Gasteiger partial charge in [-0.05, 0) is 17.7 Å². The highest BCUT2D eigenvalue weighted by atomic mass is 32.1. The molecule has 3 rings (SSSR count). The summed E-state index contributed by atoms with van der Waals surface area (Å²) in [6, 6.07) is 2.97. The molecule has 1 aromatic carbocycles. The van der Waals surface area contributed by atoms with Gasteiger partial charge in [-0.3, -0.25) is 0 Å². The minimum absolute atomic E-state index is 0.133. The van der Waals surface area contributed by atoms with E-state index in [2.05, 4.69) is 10.2 Å². The molecule has 0 N–H and O–H groups in total. The number of benzene rings is 1. The van der Waals surface area contributed by atoms with E-state index in [0.29, 0.717) is 35.3 Å². The third-order valence-electron chi connectivity index (χ3n) is 4.26. The largest absolute Gasteiger partial charge is 0.419 e. The summed E-state index contributed by atoms with van der Waals surface area (Å²) in [7, 11) is 3.27. The van der Waals surface area contributed by atoms with E-state index in [1.54, 1.807) is 19.1 Å². The summed E-state index contributed by atoms with van der Waals surface area (Å²) in [6.07, 6.45) is -4.07. The Morgan fingerprint density at radius 3 is 2.73 bits per heavy atom. The Morgan fingerprint density at radius 2 is 2.12 bits per heavy atom. The van der Waals surface area contributed by atoms with E-state index in [1.165, 1.54) is 17.4 Å². The van der Waals surface area contributed by atoms with Crippen LogP contribution < -0.4 is 4.90 Å². The molecule has 0 spiro atoms. The SMILES string of the molecule is COC1(c2nnc(N(C)Cc3ccc(F)c(C(F)(F)F)c3)s2)CCOC1. The number of methoxy groups -OCH3 is 1. The van der Waals surface area contributed by atoms with E-state index in [-0.39, 0.29) is 6.54 Å². The molecule has 2 aromatic rings. The maximum Gasteiger partial charge on any atom is 0.419 e. The monoisotopic (exact) mass is 391 g/mol. The topological polar surface area (TPSA) is 47.5 Å². The van der Waals surface area contributed by atoms with E-state index < -0.39 is 23.2 Å². The second-order valence-electron chi connectivity index (χ2n) is 6.06. The standard InChI is InChI=1S/C16H17F4N3O2S/c1-23(8-10-3-4-12(17)11(7-10)16(18,19)20)14-22-21-13(26-14)15(24-2)5-6-25-9-15/h3-4,7H,5-6,8-9H2,1-2H3. The Labute approximate surface area is 151 Å². The Morgan fingerprint density at radius 1 is 1.35 bits per heavy atom. The van der Waals surface area contributed by atoms with E-state index in [9.17, 15) is 17.6 Å². The fraction of sp³-hybridized carbons (Fsp3) is 0.500. The third kappa shape index (κ3) is 3.67. The molecule has 2 heterocycles. The van der Waals surface area contributed by atoms with Crippen molar-refractivity contribution in [1.82, 2.24) is 10.2 Å². The fourth-order valence-corrected chi connectivity index (χ4v) is 3.73. The summed E-state index contributed by atoms with van der Waals surface area (Å²) >= 11 is 1.30. The molecule has 0 bridgehead atoms. The Bertz CT molecular complexity index is 775. The molecular formula is C16H17F4N3O2S. The number of rotatable bonds is 5. The molecule has 0 aliphatic carbocycles. The molecule has 1 aliphatic heterocycles. The highest BCUT2D eigenvalue weighted by molar-refractivity contribution is 7.15. The van der Waals surface area contributed by atoms with Crippen LogP contribution in [0.25, 0.3) is 0 Å². The number of aromatic nitrogens is 2. The van der Waals surface area contributed by atoms with Crippen LogP contribution in [0.15, 0.2) is 18.2 Å². The molecule has 1 aliphatic rings. The minimum Gasteiger partial charge on any atom is -0.378 e. The summed E-state index contributed by atoms with van der Waals surface area (Å²) < 4.78 is 62.9. The van der Waals surface area contributed by atoms with Crippen molar-refractivity contribution in [3.05, 3.63) is 40.2 Å². The molecule has 1 saturated heterocycles. The molecule has 0 saturated carbocycles. The molecule has 5 nitrogen and oxygen atoms in total. The second kappa shape index (κ2) is 7.09. The van der Waals surface area contributed by atoms with E-state index in [4.69, 9.17) is 9.47 Å². The van der Waals surface area contributed by atoms with Crippen molar-refractivity contribution in [2.24, 2.45) is 0 Å². The van der Waals surface area contributed by atoms with Gasteiger partial charge in [0, 0.05) is 33.7 Å². The van der Waals surface area contributed by atoms with Crippen molar-refractivity contribution >= 4 is 16.5 Å². The van der Waals surface area contributed by atoms with Crippen LogP contribution in [0, 0.1) is 5.82 Å². The summed E-state index contributed by atoms with van der Waals surface area (Å²) in [5.41, 5.74) is -1.58. The van der Waals surface area contributed by atoms with Crippen LogP contribution >= 0.6 is 11.3 Å². The molecule has 0 radical (unpaired) electrons. The zero-order chi connectivity index (χ0) is 18.9. The van der Waals surface area contributed by atoms with E-state index in [1.807, 2.05) is 0 Å². The van der Waals surface area contributed by atoms with Gasteiger partial charge in [0.2, 0.25) is 5.13 Å². The van der Waals surface area contributed by atoms with Gasteiger partial charge in [-0.1, -0.05) is 17.4 Å². The number of halogens is 4. The molecule has 1 unspecified atom stereocenters. The average Bonchev–Trinajstić information content (AvgIpc) is 3.25. The molecule has 1 atom stereocenters. The molecular weight excluding hydrogens is 374 g/mol. The van der Waals surface area contributed by atoms with Gasteiger partial charge >= 0.3 is 6.18 Å². The number of anilines is 1. The van der Waals surface area contributed by atoms with Crippen LogP contribution in [-0.2, 0) is 27.8 Å². The van der Waals surface area contributed by atoms with Crippen molar-refractivity contribution in [1.29, 1.82) is 0 Å². The van der Waals surface area contributed by atoms with Crippen molar-refractivity contribution in [3.8, 4) is 0 Å². The van der Waals surface area contributed by atoms with Crippen molar-refractivity contribution in [2.45, 2.75) is 24.7 Å². The number of alkyl halides is 3. The van der Waals surface area contributed by atoms with Crippen LogP contribution in [-0.4, -0.2) is 37.6 Å². The van der Waals surface area contributed by atoms with E-state index in [0.717, 1.165) is 12.1 Å². The summed E-state index contributed by atoms with van der Waals surface area (Å²) in [5.74, 6) is -1.29. The molecule has 10 heteroatoms. The highest BCUT2D eigenvalue weighted by Gasteiger charge is 2.40. The Balaban J connectivity index is 1.78. The van der Waals surface area contributed by atoms with Gasteiger partial charge in [-0.2, -0.15) is 13.2 Å². The first-order chi connectivity index (χ1) is 12.2. The lowest BCUT2D eigenvalue weighted by molar-refractivity contribution is -0.140. The quantitative estimate of drug-likeness (QED) is 0.729. The lowest BCUT2D eigenvalue weighted by Gasteiger charge is -2.22. The summed E-state index contributed by atoms with van der Waals surface area (Å²) in [5, 5.41) is 9.45. The van der Waals surface area contributed by atoms with Crippen molar-refractivity contribution < 1.29 is 27.0 Å². The van der Waals surface area contributed by atoms with Gasteiger partial charge in [0.15, 0.2) is 5.01 Å². The van der Waals surface area contributed by atoms with Crippen molar-refractivity contribution in [3.63, 3.8) is 0 Å². The minimum atomic E-state index is -4.73. The summed E-state index contributed by atoms with van der Waals surface area (Å²) in [6.45, 7) is 1.08. The number of nitrogens with zero attached hydrogens (tertiary/aromatic N) is 3. The van der Waals surface area contributed by atoms with Crippen LogP contribution in [0.5, 0.6) is 0 Å². The number of ether oxygens (including phenoxy) is 2. The first kappa shape index (κ1) is 19.0. The van der Waals surface area contributed by atoms with Crippen LogP contribution in [0.3, 0.4) is 0 Å². The first-order valence-corrected chi connectivity index (χ1v) is 8.60. The van der Waals surface area contributed by atoms with Gasteiger partial charge in [0.1, 0.15) is 11.4 Å². The van der Waals surface area contributed by atoms with Crippen LogP contribution in [0.2, 0.25) is 0 Å². The van der Waals surface area contributed by atoms with Gasteiger partial charge in [0.05, 0.1) is 12.2 Å². The van der Waals surface area contributed by atoms with Gasteiger partial charge in [0.25, 0.3) is 0 Å². The fourth-order valence-electron chi connectivity index (χ4n) is 2.75. The Hall–Kier alpha value is -1.78. The first-order valence-electron chi connectivity index (χ1n) is 7.79. The summed E-state index contributed by atoms with van der Waals surface area (Å²) in [4.78, 5) is 1.66. The zero-order valence-corrected chi connectivity index (χ0v) is 15.0. The van der Waals surface area contributed by atoms with E-state index >= 15 is 0 Å². The average molecular weight is 391 g/mol. The predicted molar refractivity (Wildman–Crippen MR) is 87.5 cm³/mol. The predicted octanol–water partition coefficient (Wildman–Crippen LogP) is 3.59. The molecule has 0 amide bonds. The second-order valence-corrected chi connectivity index (χ2v) is 7.01. The van der Waals surface area contributed by atoms with Crippen LogP contribution in [0.4, 0.5) is 22.7 Å². The molecule has 1 fully saturated rings. The van der Waals surface area contributed by atoms with Gasteiger partial charge in [-0.25, -0.2) is 4.39 Å². The molecule has 26 heavy (non-hydrogen) atoms. The molecule has 142 valence electrons. The number of hydrogen-bond acceptors (Lipinski definition) is 6. The molecule has 1 aromatic heterocycles. The van der Waals surface area contributed by atoms with Crippen LogP contribution in [0.1, 0.15) is 22.6 Å². The lowest BCUT2D eigenvalue weighted by Crippen LogP contribution is -2.28. The van der Waals surface area contributed by atoms with Gasteiger partial charge < -0.3 is 14.4 Å². The highest BCUT2D eigenvalue weighted by Crippen LogP contribution is 2.38. The third-order valence-corrected chi connectivity index (χ3v) is 5.49. The Kier molecular flexibility index (Phi) is 5.18. The normalized spacial score (nSPS) is 20.5. The zero-order valence-electron chi connectivity index (χ0n) is 14.1. The van der Waals surface area contributed by atoms with Gasteiger partial charge in [-0.15, -0.1) is 10.2 Å². The number of hydrogen-bond donors (Lipinski definition) is 0. The smallest absolute Gasteiger partial charge is 0.378 e. The maximum absolute atomic E-state index is 13.4. The lowest BCUT2D eigenvalue weighted by atomic mass is 10.1. The maximum atomic E-state index is 13.4. The van der Waals surface area contributed by atoms with Crippen molar-refractivity contribution in [2.75, 3.05) is 32.3 Å².